The fourth-order valence-corrected chi connectivity index (χ4v) is 2.83. The van der Waals surface area contributed by atoms with E-state index in [2.05, 4.69) is 80.4 Å². The van der Waals surface area contributed by atoms with Crippen LogP contribution in [0, 0.1) is 25.7 Å². The molecule has 0 fully saturated rings. The normalized spacial score (nSPS) is 10.1. The maximum absolute atomic E-state index is 3.53. The van der Waals surface area contributed by atoms with Gasteiger partial charge in [-0.3, -0.25) is 0 Å². The van der Waals surface area contributed by atoms with Crippen LogP contribution in [0.1, 0.15) is 29.7 Å². The van der Waals surface area contributed by atoms with Crippen LogP contribution in [0.4, 0.5) is 0 Å². The summed E-state index contributed by atoms with van der Waals surface area (Å²) in [6.45, 7) is 5.29. The van der Waals surface area contributed by atoms with Crippen LogP contribution in [-0.4, -0.2) is 0 Å². The van der Waals surface area contributed by atoms with Crippen LogP contribution < -0.4 is 4.57 Å². The van der Waals surface area contributed by atoms with Gasteiger partial charge in [0.05, 0.1) is 0 Å². The van der Waals surface area contributed by atoms with Crippen LogP contribution in [0.5, 0.6) is 0 Å². The molecular formula is C18H18Br2N+. The van der Waals surface area contributed by atoms with Crippen molar-refractivity contribution in [2.45, 2.75) is 33.2 Å². The van der Waals surface area contributed by atoms with E-state index in [0.717, 1.165) is 33.9 Å². The summed E-state index contributed by atoms with van der Waals surface area (Å²) in [5.74, 6) is 6.48. The minimum absolute atomic E-state index is 0.902. The molecule has 0 spiro atoms. The number of aromatic nitrogens is 1. The summed E-state index contributed by atoms with van der Waals surface area (Å²) in [6, 6.07) is 10.4. The zero-order valence-electron chi connectivity index (χ0n) is 12.3. The highest BCUT2D eigenvalue weighted by Crippen LogP contribution is 2.20. The number of nitrogens with zero attached hydrogens (tertiary/aromatic N) is 1. The number of benzene rings is 1. The topological polar surface area (TPSA) is 3.88 Å². The Morgan fingerprint density at radius 2 is 1.90 bits per heavy atom. The van der Waals surface area contributed by atoms with Gasteiger partial charge in [-0.1, -0.05) is 27.8 Å². The quantitative estimate of drug-likeness (QED) is 0.385. The van der Waals surface area contributed by atoms with E-state index in [4.69, 9.17) is 0 Å². The van der Waals surface area contributed by atoms with Crippen LogP contribution in [0.15, 0.2) is 45.5 Å². The maximum Gasteiger partial charge on any atom is 0.178 e. The molecule has 1 heterocycles. The molecule has 0 aliphatic carbocycles. The standard InChI is InChI=1S/C18H18Br2N/c1-14-9-11-21(15(2)12-14)10-5-3-4-6-16-13-17(19)7-8-18(16)20/h7-9,11-13H,3,5,10H2,1-2H3/q+1. The molecule has 2 rings (SSSR count). The Morgan fingerprint density at radius 1 is 1.10 bits per heavy atom. The first kappa shape index (κ1) is 16.3. The SMILES string of the molecule is Cc1cc[n+](CCCC#Cc2cc(Br)ccc2Br)c(C)c1. The zero-order chi connectivity index (χ0) is 15.2. The van der Waals surface area contributed by atoms with E-state index in [1.54, 1.807) is 0 Å². The summed E-state index contributed by atoms with van der Waals surface area (Å²) in [5.41, 5.74) is 3.64. The molecule has 0 bridgehead atoms. The molecule has 0 atom stereocenters. The number of hydrogen-bond donors (Lipinski definition) is 0. The molecule has 3 heteroatoms. The summed E-state index contributed by atoms with van der Waals surface area (Å²) in [6.07, 6.45) is 4.12. The highest BCUT2D eigenvalue weighted by molar-refractivity contribution is 9.11. The molecule has 0 radical (unpaired) electrons. The Kier molecular flexibility index (Phi) is 6.02. The average Bonchev–Trinajstić information content (AvgIpc) is 2.44. The fraction of sp³-hybridized carbons (Fsp3) is 0.278. The number of aryl methyl sites for hydroxylation is 3. The minimum Gasteiger partial charge on any atom is -0.203 e. The molecule has 0 saturated heterocycles. The van der Waals surface area contributed by atoms with Crippen molar-refractivity contribution >= 4 is 31.9 Å². The van der Waals surface area contributed by atoms with Gasteiger partial charge >= 0.3 is 0 Å². The van der Waals surface area contributed by atoms with Gasteiger partial charge in [-0.25, -0.2) is 4.57 Å². The van der Waals surface area contributed by atoms with Crippen molar-refractivity contribution < 1.29 is 4.57 Å². The van der Waals surface area contributed by atoms with E-state index >= 15 is 0 Å². The van der Waals surface area contributed by atoms with Crippen LogP contribution in [0.3, 0.4) is 0 Å². The van der Waals surface area contributed by atoms with E-state index in [1.165, 1.54) is 11.3 Å². The predicted octanol–water partition coefficient (Wildman–Crippen LogP) is 4.95. The van der Waals surface area contributed by atoms with Gasteiger partial charge in [-0.05, 0) is 46.6 Å². The monoisotopic (exact) mass is 406 g/mol. The first-order valence-corrected chi connectivity index (χ1v) is 8.55. The third-order valence-corrected chi connectivity index (χ3v) is 4.44. The molecule has 1 aromatic carbocycles. The van der Waals surface area contributed by atoms with E-state index in [1.807, 2.05) is 18.2 Å². The van der Waals surface area contributed by atoms with Crippen LogP contribution in [-0.2, 0) is 6.54 Å². The summed E-state index contributed by atoms with van der Waals surface area (Å²) >= 11 is 7.00. The van der Waals surface area contributed by atoms with Gasteiger partial charge in [0.1, 0.15) is 6.54 Å². The second-order valence-corrected chi connectivity index (χ2v) is 6.84. The molecule has 1 aromatic heterocycles. The predicted molar refractivity (Wildman–Crippen MR) is 94.1 cm³/mol. The number of halogens is 2. The highest BCUT2D eigenvalue weighted by Gasteiger charge is 2.04. The molecule has 108 valence electrons. The van der Waals surface area contributed by atoms with Crippen molar-refractivity contribution in [1.29, 1.82) is 0 Å². The Labute approximate surface area is 143 Å². The molecule has 0 N–H and O–H groups in total. The second-order valence-electron chi connectivity index (χ2n) is 5.07. The lowest BCUT2D eigenvalue weighted by molar-refractivity contribution is -0.703. The average molecular weight is 408 g/mol. The Balaban J connectivity index is 1.90. The van der Waals surface area contributed by atoms with Crippen molar-refractivity contribution in [3.63, 3.8) is 0 Å². The molecule has 0 amide bonds. The maximum atomic E-state index is 3.53. The molecule has 0 aliphatic rings. The van der Waals surface area contributed by atoms with Crippen LogP contribution in [0.2, 0.25) is 0 Å². The number of unbranched alkanes of at least 4 members (excludes halogenated alkanes) is 1. The third kappa shape index (κ3) is 4.98. The molecule has 0 aliphatic heterocycles. The van der Waals surface area contributed by atoms with Crippen molar-refractivity contribution in [2.24, 2.45) is 0 Å². The van der Waals surface area contributed by atoms with Crippen molar-refractivity contribution in [3.8, 4) is 11.8 Å². The smallest absolute Gasteiger partial charge is 0.178 e. The van der Waals surface area contributed by atoms with Gasteiger partial charge in [0.15, 0.2) is 11.9 Å². The van der Waals surface area contributed by atoms with E-state index in [-0.39, 0.29) is 0 Å². The lowest BCUT2D eigenvalue weighted by Gasteiger charge is -2.00. The van der Waals surface area contributed by atoms with E-state index in [0.29, 0.717) is 0 Å². The number of rotatable bonds is 3. The number of hydrogen-bond acceptors (Lipinski definition) is 0. The molecule has 0 unspecified atom stereocenters. The summed E-state index contributed by atoms with van der Waals surface area (Å²) < 4.78 is 4.38. The minimum atomic E-state index is 0.902. The van der Waals surface area contributed by atoms with E-state index in [9.17, 15) is 0 Å². The molecule has 2 aromatic rings. The van der Waals surface area contributed by atoms with Gasteiger partial charge in [0.25, 0.3) is 0 Å². The van der Waals surface area contributed by atoms with Gasteiger partial charge in [-0.2, -0.15) is 0 Å². The molecule has 1 nitrogen and oxygen atoms in total. The molecule has 21 heavy (non-hydrogen) atoms. The largest absolute Gasteiger partial charge is 0.203 e. The lowest BCUT2D eigenvalue weighted by atomic mass is 10.2. The first-order valence-electron chi connectivity index (χ1n) is 6.97. The summed E-state index contributed by atoms with van der Waals surface area (Å²) in [5, 5.41) is 0. The summed E-state index contributed by atoms with van der Waals surface area (Å²) in [4.78, 5) is 0. The van der Waals surface area contributed by atoms with Gasteiger partial charge in [0.2, 0.25) is 0 Å². The Bertz CT molecular complexity index is 696. The summed E-state index contributed by atoms with van der Waals surface area (Å²) in [7, 11) is 0. The lowest BCUT2D eigenvalue weighted by Crippen LogP contribution is -2.36. The molecule has 0 saturated carbocycles. The second kappa shape index (κ2) is 7.77. The van der Waals surface area contributed by atoms with Crippen LogP contribution >= 0.6 is 31.9 Å². The Hall–Kier alpha value is -1.11. The van der Waals surface area contributed by atoms with Crippen molar-refractivity contribution in [2.75, 3.05) is 0 Å². The van der Waals surface area contributed by atoms with Crippen LogP contribution in [0.25, 0.3) is 0 Å². The zero-order valence-corrected chi connectivity index (χ0v) is 15.5. The molecular weight excluding hydrogens is 390 g/mol. The van der Waals surface area contributed by atoms with Crippen molar-refractivity contribution in [1.82, 2.24) is 0 Å². The Morgan fingerprint density at radius 3 is 2.67 bits per heavy atom. The van der Waals surface area contributed by atoms with E-state index < -0.39 is 0 Å². The fourth-order valence-electron chi connectivity index (χ4n) is 2.13. The van der Waals surface area contributed by atoms with Gasteiger partial charge < -0.3 is 0 Å². The van der Waals surface area contributed by atoms with Gasteiger partial charge in [0, 0.05) is 46.4 Å². The first-order chi connectivity index (χ1) is 10.1. The van der Waals surface area contributed by atoms with Crippen molar-refractivity contribution in [3.05, 3.63) is 62.3 Å². The third-order valence-electron chi connectivity index (χ3n) is 3.26. The van der Waals surface area contributed by atoms with Gasteiger partial charge in [-0.15, -0.1) is 0 Å². The number of pyridine rings is 1. The highest BCUT2D eigenvalue weighted by atomic mass is 79.9.